The molecule has 0 radical (unpaired) electrons. The fraction of sp³-hybridized carbons (Fsp3) is 0.467. The van der Waals surface area contributed by atoms with Gasteiger partial charge in [0.05, 0.1) is 0 Å². The third kappa shape index (κ3) is 4.53. The first-order valence-corrected chi connectivity index (χ1v) is 6.91. The second-order valence-corrected chi connectivity index (χ2v) is 5.07. The predicted octanol–water partition coefficient (Wildman–Crippen LogP) is 4.21. The van der Waals surface area contributed by atoms with E-state index in [0.29, 0.717) is 6.04 Å². The van der Waals surface area contributed by atoms with E-state index < -0.39 is 0 Å². The predicted molar refractivity (Wildman–Crippen MR) is 78.0 cm³/mol. The van der Waals surface area contributed by atoms with Gasteiger partial charge < -0.3 is 5.32 Å². The fourth-order valence-electron chi connectivity index (χ4n) is 1.87. The molecule has 0 bridgehead atoms. The summed E-state index contributed by atoms with van der Waals surface area (Å²) in [5.74, 6) is 2.70. The summed E-state index contributed by atoms with van der Waals surface area (Å²) in [5.41, 5.74) is 2.61. The summed E-state index contributed by atoms with van der Waals surface area (Å²) in [7, 11) is 0. The van der Waals surface area contributed by atoms with Crippen LogP contribution in [0.25, 0.3) is 0 Å². The molecular formula is C15H20BrN. The summed E-state index contributed by atoms with van der Waals surface area (Å²) in [4.78, 5) is 0. The number of unbranched alkanes of at least 4 members (excludes halogenated alkanes) is 1. The highest BCUT2D eigenvalue weighted by molar-refractivity contribution is 9.10. The zero-order chi connectivity index (χ0) is 12.7. The molecule has 0 aliphatic carbocycles. The van der Waals surface area contributed by atoms with E-state index in [1.807, 2.05) is 0 Å². The molecular weight excluding hydrogens is 274 g/mol. The van der Waals surface area contributed by atoms with Gasteiger partial charge in [0, 0.05) is 16.9 Å². The molecule has 0 amide bonds. The van der Waals surface area contributed by atoms with Gasteiger partial charge in [-0.2, -0.15) is 0 Å². The minimum absolute atomic E-state index is 0.408. The molecule has 1 N–H and O–H groups in total. The van der Waals surface area contributed by atoms with E-state index in [4.69, 9.17) is 6.42 Å². The summed E-state index contributed by atoms with van der Waals surface area (Å²) in [6.45, 7) is 5.22. The van der Waals surface area contributed by atoms with E-state index in [0.717, 1.165) is 25.8 Å². The lowest BCUT2D eigenvalue weighted by Crippen LogP contribution is -2.20. The smallest absolute Gasteiger partial charge is 0.0320 e. The van der Waals surface area contributed by atoms with Crippen molar-refractivity contribution >= 4 is 15.9 Å². The van der Waals surface area contributed by atoms with Gasteiger partial charge >= 0.3 is 0 Å². The molecule has 1 unspecified atom stereocenters. The van der Waals surface area contributed by atoms with Crippen molar-refractivity contribution in [1.82, 2.24) is 5.32 Å². The second-order valence-electron chi connectivity index (χ2n) is 4.22. The SMILES string of the molecule is C#CCCCC(NCC)c1ccc(C)c(Br)c1. The van der Waals surface area contributed by atoms with Crippen molar-refractivity contribution < 1.29 is 0 Å². The topological polar surface area (TPSA) is 12.0 Å². The molecule has 2 heteroatoms. The third-order valence-corrected chi connectivity index (χ3v) is 3.72. The van der Waals surface area contributed by atoms with Crippen LogP contribution in [0, 0.1) is 19.3 Å². The quantitative estimate of drug-likeness (QED) is 0.612. The molecule has 0 aliphatic rings. The van der Waals surface area contributed by atoms with E-state index in [1.165, 1.54) is 15.6 Å². The summed E-state index contributed by atoms with van der Waals surface area (Å²) < 4.78 is 1.18. The minimum atomic E-state index is 0.408. The zero-order valence-electron chi connectivity index (χ0n) is 10.6. The Balaban J connectivity index is 2.74. The van der Waals surface area contributed by atoms with Gasteiger partial charge in [0.15, 0.2) is 0 Å². The lowest BCUT2D eigenvalue weighted by atomic mass is 10.00. The monoisotopic (exact) mass is 293 g/mol. The van der Waals surface area contributed by atoms with E-state index in [9.17, 15) is 0 Å². The Bertz CT molecular complexity index is 392. The van der Waals surface area contributed by atoms with E-state index in [-0.39, 0.29) is 0 Å². The summed E-state index contributed by atoms with van der Waals surface area (Å²) in [5, 5.41) is 3.52. The molecule has 0 aliphatic heterocycles. The zero-order valence-corrected chi connectivity index (χ0v) is 12.2. The normalized spacial score (nSPS) is 12.1. The van der Waals surface area contributed by atoms with E-state index >= 15 is 0 Å². The number of aryl methyl sites for hydroxylation is 1. The van der Waals surface area contributed by atoms with Crippen LogP contribution in [0.2, 0.25) is 0 Å². The van der Waals surface area contributed by atoms with Crippen LogP contribution in [0.15, 0.2) is 22.7 Å². The van der Waals surface area contributed by atoms with Crippen molar-refractivity contribution in [1.29, 1.82) is 0 Å². The van der Waals surface area contributed by atoms with E-state index in [2.05, 4.69) is 59.2 Å². The van der Waals surface area contributed by atoms with Crippen molar-refractivity contribution in [3.8, 4) is 12.3 Å². The van der Waals surface area contributed by atoms with Crippen LogP contribution >= 0.6 is 15.9 Å². The molecule has 1 nitrogen and oxygen atoms in total. The van der Waals surface area contributed by atoms with Gasteiger partial charge in [0.1, 0.15) is 0 Å². The van der Waals surface area contributed by atoms with Gasteiger partial charge in [-0.25, -0.2) is 0 Å². The van der Waals surface area contributed by atoms with Crippen molar-refractivity contribution in [2.75, 3.05) is 6.54 Å². The third-order valence-electron chi connectivity index (χ3n) is 2.86. The molecule has 1 aromatic rings. The first-order valence-electron chi connectivity index (χ1n) is 6.12. The maximum Gasteiger partial charge on any atom is 0.0320 e. The second kappa shape index (κ2) is 7.53. The maximum atomic E-state index is 5.29. The Labute approximate surface area is 113 Å². The average molecular weight is 294 g/mol. The lowest BCUT2D eigenvalue weighted by molar-refractivity contribution is 0.501. The highest BCUT2D eigenvalue weighted by Gasteiger charge is 2.10. The van der Waals surface area contributed by atoms with E-state index in [1.54, 1.807) is 0 Å². The number of hydrogen-bond donors (Lipinski definition) is 1. The lowest BCUT2D eigenvalue weighted by Gasteiger charge is -2.18. The first-order chi connectivity index (χ1) is 8.19. The number of benzene rings is 1. The van der Waals surface area contributed by atoms with Crippen molar-refractivity contribution in [2.24, 2.45) is 0 Å². The Hall–Kier alpha value is -0.780. The largest absolute Gasteiger partial charge is 0.310 e. The van der Waals surface area contributed by atoms with Crippen molar-refractivity contribution in [3.63, 3.8) is 0 Å². The van der Waals surface area contributed by atoms with Crippen LogP contribution in [0.1, 0.15) is 43.4 Å². The maximum absolute atomic E-state index is 5.29. The molecule has 1 aromatic carbocycles. The molecule has 0 saturated carbocycles. The number of rotatable bonds is 6. The van der Waals surface area contributed by atoms with Gasteiger partial charge in [0.2, 0.25) is 0 Å². The number of nitrogens with one attached hydrogen (secondary N) is 1. The molecule has 0 saturated heterocycles. The number of hydrogen-bond acceptors (Lipinski definition) is 1. The number of terminal acetylenes is 1. The standard InChI is InChI=1S/C15H20BrN/c1-4-6-7-8-15(17-5-2)13-10-9-12(3)14(16)11-13/h1,9-11,15,17H,5-8H2,2-3H3. The fourth-order valence-corrected chi connectivity index (χ4v) is 2.26. The number of halogens is 1. The van der Waals surface area contributed by atoms with Gasteiger partial charge in [-0.15, -0.1) is 12.3 Å². The molecule has 1 rings (SSSR count). The summed E-state index contributed by atoms with van der Waals surface area (Å²) >= 11 is 3.59. The molecule has 0 spiro atoms. The molecule has 92 valence electrons. The first kappa shape index (κ1) is 14.3. The molecule has 1 atom stereocenters. The van der Waals surface area contributed by atoms with Crippen molar-refractivity contribution in [2.45, 2.75) is 39.2 Å². The van der Waals surface area contributed by atoms with Crippen LogP contribution in [0.3, 0.4) is 0 Å². The summed E-state index contributed by atoms with van der Waals surface area (Å²) in [6.07, 6.45) is 8.31. The summed E-state index contributed by atoms with van der Waals surface area (Å²) in [6, 6.07) is 6.97. The van der Waals surface area contributed by atoms with Gasteiger partial charge in [-0.3, -0.25) is 0 Å². The minimum Gasteiger partial charge on any atom is -0.310 e. The van der Waals surface area contributed by atoms with Crippen LogP contribution < -0.4 is 5.32 Å². The van der Waals surface area contributed by atoms with Crippen LogP contribution in [-0.4, -0.2) is 6.54 Å². The van der Waals surface area contributed by atoms with Gasteiger partial charge in [-0.1, -0.05) is 35.0 Å². The van der Waals surface area contributed by atoms with Crippen LogP contribution in [0.4, 0.5) is 0 Å². The molecule has 17 heavy (non-hydrogen) atoms. The highest BCUT2D eigenvalue weighted by atomic mass is 79.9. The average Bonchev–Trinajstić information content (AvgIpc) is 2.32. The van der Waals surface area contributed by atoms with Crippen molar-refractivity contribution in [3.05, 3.63) is 33.8 Å². The molecule has 0 aromatic heterocycles. The van der Waals surface area contributed by atoms with Gasteiger partial charge in [-0.05, 0) is 43.5 Å². The Morgan fingerprint density at radius 2 is 2.24 bits per heavy atom. The highest BCUT2D eigenvalue weighted by Crippen LogP contribution is 2.24. The Morgan fingerprint density at radius 3 is 2.82 bits per heavy atom. The van der Waals surface area contributed by atoms with Crippen LogP contribution in [0.5, 0.6) is 0 Å². The Kier molecular flexibility index (Phi) is 6.32. The van der Waals surface area contributed by atoms with Crippen LogP contribution in [-0.2, 0) is 0 Å². The Morgan fingerprint density at radius 1 is 1.47 bits per heavy atom. The molecule has 0 heterocycles. The van der Waals surface area contributed by atoms with Gasteiger partial charge in [0.25, 0.3) is 0 Å². The molecule has 0 fully saturated rings.